The van der Waals surface area contributed by atoms with Crippen molar-refractivity contribution in [3.8, 4) is 5.75 Å². The third kappa shape index (κ3) is 1.86. The van der Waals surface area contributed by atoms with Crippen molar-refractivity contribution < 1.29 is 9.84 Å². The van der Waals surface area contributed by atoms with Gasteiger partial charge in [-0.1, -0.05) is 11.6 Å². The maximum Gasteiger partial charge on any atom is 0.126 e. The summed E-state index contributed by atoms with van der Waals surface area (Å²) in [5.41, 5.74) is 2.17. The minimum absolute atomic E-state index is 0.359. The SMILES string of the molecule is CC(O)Cc1cc(Cl)cc2c1OCC2. The van der Waals surface area contributed by atoms with Crippen LogP contribution in [0.15, 0.2) is 12.1 Å². The molecule has 0 spiro atoms. The molecular weight excluding hydrogens is 200 g/mol. The zero-order chi connectivity index (χ0) is 10.1. The summed E-state index contributed by atoms with van der Waals surface area (Å²) in [6.07, 6.45) is 1.16. The van der Waals surface area contributed by atoms with E-state index in [9.17, 15) is 5.11 Å². The molecule has 0 aromatic heterocycles. The maximum absolute atomic E-state index is 9.33. The molecule has 76 valence electrons. The molecule has 1 N–H and O–H groups in total. The van der Waals surface area contributed by atoms with Gasteiger partial charge in [-0.2, -0.15) is 0 Å². The molecule has 2 rings (SSSR count). The normalized spacial score (nSPS) is 16.2. The fraction of sp³-hybridized carbons (Fsp3) is 0.455. The van der Waals surface area contributed by atoms with Gasteiger partial charge in [0.1, 0.15) is 5.75 Å². The lowest BCUT2D eigenvalue weighted by molar-refractivity contribution is 0.194. The zero-order valence-electron chi connectivity index (χ0n) is 8.09. The summed E-state index contributed by atoms with van der Waals surface area (Å²) in [5, 5.41) is 10.1. The fourth-order valence-electron chi connectivity index (χ4n) is 1.82. The minimum atomic E-state index is -0.359. The van der Waals surface area contributed by atoms with Crippen LogP contribution < -0.4 is 4.74 Å². The molecular formula is C11H13ClO2. The van der Waals surface area contributed by atoms with Gasteiger partial charge >= 0.3 is 0 Å². The van der Waals surface area contributed by atoms with Crippen LogP contribution in [0.25, 0.3) is 0 Å². The van der Waals surface area contributed by atoms with Gasteiger partial charge in [0.25, 0.3) is 0 Å². The van der Waals surface area contributed by atoms with Crippen molar-refractivity contribution in [1.29, 1.82) is 0 Å². The van der Waals surface area contributed by atoms with Gasteiger partial charge in [0.2, 0.25) is 0 Å². The number of hydrogen-bond donors (Lipinski definition) is 1. The number of fused-ring (bicyclic) bond motifs is 1. The Bertz CT molecular complexity index is 347. The van der Waals surface area contributed by atoms with E-state index in [1.165, 1.54) is 0 Å². The van der Waals surface area contributed by atoms with Gasteiger partial charge in [0, 0.05) is 17.9 Å². The molecule has 1 unspecified atom stereocenters. The highest BCUT2D eigenvalue weighted by molar-refractivity contribution is 6.30. The number of rotatable bonds is 2. The highest BCUT2D eigenvalue weighted by atomic mass is 35.5. The van der Waals surface area contributed by atoms with Crippen LogP contribution in [-0.2, 0) is 12.8 Å². The predicted molar refractivity (Wildman–Crippen MR) is 56.0 cm³/mol. The molecule has 3 heteroatoms. The summed E-state index contributed by atoms with van der Waals surface area (Å²) < 4.78 is 5.52. The van der Waals surface area contributed by atoms with Gasteiger partial charge < -0.3 is 9.84 Å². The topological polar surface area (TPSA) is 29.5 Å². The van der Waals surface area contributed by atoms with Crippen molar-refractivity contribution in [3.05, 3.63) is 28.3 Å². The number of halogens is 1. The maximum atomic E-state index is 9.33. The van der Waals surface area contributed by atoms with Gasteiger partial charge in [-0.05, 0) is 30.2 Å². The first kappa shape index (κ1) is 9.81. The highest BCUT2D eigenvalue weighted by Crippen LogP contribution is 2.33. The van der Waals surface area contributed by atoms with Crippen LogP contribution in [0.4, 0.5) is 0 Å². The van der Waals surface area contributed by atoms with Gasteiger partial charge in [0.15, 0.2) is 0 Å². The summed E-state index contributed by atoms with van der Waals surface area (Å²) in [6.45, 7) is 2.49. The number of benzene rings is 1. The lowest BCUT2D eigenvalue weighted by atomic mass is 10.0. The van der Waals surface area contributed by atoms with E-state index in [-0.39, 0.29) is 6.10 Å². The molecule has 0 saturated carbocycles. The van der Waals surface area contributed by atoms with Crippen molar-refractivity contribution in [1.82, 2.24) is 0 Å². The average molecular weight is 213 g/mol. The Labute approximate surface area is 88.5 Å². The molecule has 0 bridgehead atoms. The van der Waals surface area contributed by atoms with Crippen LogP contribution in [0.1, 0.15) is 18.1 Å². The molecule has 0 radical (unpaired) electrons. The molecule has 1 aliphatic rings. The first-order chi connectivity index (χ1) is 6.66. The van der Waals surface area contributed by atoms with E-state index in [1.54, 1.807) is 6.92 Å². The van der Waals surface area contributed by atoms with Gasteiger partial charge in [-0.15, -0.1) is 0 Å². The Morgan fingerprint density at radius 1 is 1.57 bits per heavy atom. The fourth-order valence-corrected chi connectivity index (χ4v) is 2.08. The van der Waals surface area contributed by atoms with E-state index in [1.807, 2.05) is 12.1 Å². The number of aliphatic hydroxyl groups excluding tert-OH is 1. The molecule has 0 saturated heterocycles. The smallest absolute Gasteiger partial charge is 0.126 e. The largest absolute Gasteiger partial charge is 0.493 e. The van der Waals surface area contributed by atoms with E-state index in [0.717, 1.165) is 34.9 Å². The van der Waals surface area contributed by atoms with E-state index >= 15 is 0 Å². The molecule has 0 aliphatic carbocycles. The van der Waals surface area contributed by atoms with Crippen LogP contribution in [-0.4, -0.2) is 17.8 Å². The summed E-state index contributed by atoms with van der Waals surface area (Å²) in [6, 6.07) is 3.81. The number of aliphatic hydroxyl groups is 1. The number of ether oxygens (including phenoxy) is 1. The Balaban J connectivity index is 2.38. The molecule has 1 heterocycles. The van der Waals surface area contributed by atoms with E-state index in [2.05, 4.69) is 0 Å². The molecule has 2 nitrogen and oxygen atoms in total. The molecule has 1 aromatic carbocycles. The Hall–Kier alpha value is -0.730. The molecule has 0 fully saturated rings. The lowest BCUT2D eigenvalue weighted by Crippen LogP contribution is -2.05. The first-order valence-electron chi connectivity index (χ1n) is 4.79. The van der Waals surface area contributed by atoms with Gasteiger partial charge in [0.05, 0.1) is 12.7 Å². The van der Waals surface area contributed by atoms with Crippen molar-refractivity contribution in [2.24, 2.45) is 0 Å². The zero-order valence-corrected chi connectivity index (χ0v) is 8.84. The van der Waals surface area contributed by atoms with E-state index in [4.69, 9.17) is 16.3 Å². The second-order valence-corrected chi connectivity index (χ2v) is 4.14. The summed E-state index contributed by atoms with van der Waals surface area (Å²) in [7, 11) is 0. The molecule has 1 aliphatic heterocycles. The van der Waals surface area contributed by atoms with Crippen molar-refractivity contribution in [2.45, 2.75) is 25.9 Å². The van der Waals surface area contributed by atoms with Crippen LogP contribution in [0.3, 0.4) is 0 Å². The van der Waals surface area contributed by atoms with Gasteiger partial charge in [-0.3, -0.25) is 0 Å². The minimum Gasteiger partial charge on any atom is -0.493 e. The predicted octanol–water partition coefficient (Wildman–Crippen LogP) is 2.20. The molecule has 0 amide bonds. The van der Waals surface area contributed by atoms with Crippen molar-refractivity contribution in [3.63, 3.8) is 0 Å². The third-order valence-electron chi connectivity index (χ3n) is 2.34. The van der Waals surface area contributed by atoms with Crippen LogP contribution in [0, 0.1) is 0 Å². The van der Waals surface area contributed by atoms with E-state index < -0.39 is 0 Å². The van der Waals surface area contributed by atoms with Crippen LogP contribution in [0.5, 0.6) is 5.75 Å². The van der Waals surface area contributed by atoms with Gasteiger partial charge in [-0.25, -0.2) is 0 Å². The average Bonchev–Trinajstić information content (AvgIpc) is 2.50. The first-order valence-corrected chi connectivity index (χ1v) is 5.17. The Morgan fingerprint density at radius 3 is 3.07 bits per heavy atom. The Morgan fingerprint density at radius 2 is 2.36 bits per heavy atom. The van der Waals surface area contributed by atoms with Crippen LogP contribution in [0.2, 0.25) is 5.02 Å². The quantitative estimate of drug-likeness (QED) is 0.815. The summed E-state index contributed by atoms with van der Waals surface area (Å²) >= 11 is 5.97. The second kappa shape index (κ2) is 3.79. The molecule has 1 aromatic rings. The Kier molecular flexibility index (Phi) is 2.66. The van der Waals surface area contributed by atoms with E-state index in [0.29, 0.717) is 6.42 Å². The molecule has 1 atom stereocenters. The summed E-state index contributed by atoms with van der Waals surface area (Å²) in [5.74, 6) is 0.926. The standard InChI is InChI=1S/C11H13ClO2/c1-7(13)4-9-6-10(12)5-8-2-3-14-11(8)9/h5-7,13H,2-4H2,1H3. The second-order valence-electron chi connectivity index (χ2n) is 3.70. The van der Waals surface area contributed by atoms with Crippen molar-refractivity contribution in [2.75, 3.05) is 6.61 Å². The van der Waals surface area contributed by atoms with Crippen LogP contribution >= 0.6 is 11.6 Å². The number of hydrogen-bond acceptors (Lipinski definition) is 2. The monoisotopic (exact) mass is 212 g/mol. The third-order valence-corrected chi connectivity index (χ3v) is 2.56. The highest BCUT2D eigenvalue weighted by Gasteiger charge is 2.18. The molecule has 14 heavy (non-hydrogen) atoms. The summed E-state index contributed by atoms with van der Waals surface area (Å²) in [4.78, 5) is 0. The van der Waals surface area contributed by atoms with Crippen molar-refractivity contribution >= 4 is 11.6 Å². The lowest BCUT2D eigenvalue weighted by Gasteiger charge is -2.10.